The van der Waals surface area contributed by atoms with Crippen molar-refractivity contribution in [1.29, 1.82) is 0 Å². The van der Waals surface area contributed by atoms with Gasteiger partial charge in [-0.05, 0) is 50.9 Å². The fraction of sp³-hybridized carbons (Fsp3) is 0.533. The Balaban J connectivity index is 2.08. The van der Waals surface area contributed by atoms with Crippen LogP contribution < -0.4 is 10.2 Å². The summed E-state index contributed by atoms with van der Waals surface area (Å²) in [5.41, 5.74) is 1.65. The SMILES string of the molecule is CC1(C)OB(c2c(C=O)ccc3c2CCO3)OC1(C)C. The Morgan fingerprint density at radius 3 is 2.40 bits per heavy atom. The Morgan fingerprint density at radius 1 is 1.15 bits per heavy atom. The number of hydrogen-bond acceptors (Lipinski definition) is 4. The molecule has 1 saturated heterocycles. The van der Waals surface area contributed by atoms with Gasteiger partial charge in [0.2, 0.25) is 0 Å². The molecule has 0 saturated carbocycles. The number of fused-ring (bicyclic) bond motifs is 1. The fourth-order valence-corrected chi connectivity index (χ4v) is 2.66. The fourth-order valence-electron chi connectivity index (χ4n) is 2.66. The van der Waals surface area contributed by atoms with Crippen molar-refractivity contribution in [3.63, 3.8) is 0 Å². The van der Waals surface area contributed by atoms with Crippen LogP contribution in [-0.4, -0.2) is 31.2 Å². The van der Waals surface area contributed by atoms with Crippen molar-refractivity contribution in [3.05, 3.63) is 23.3 Å². The Bertz CT molecular complexity index is 549. The number of hydrogen-bond donors (Lipinski definition) is 0. The van der Waals surface area contributed by atoms with E-state index in [0.717, 1.165) is 29.5 Å². The normalized spacial score (nSPS) is 22.5. The molecule has 0 radical (unpaired) electrons. The van der Waals surface area contributed by atoms with Crippen LogP contribution in [0, 0.1) is 0 Å². The van der Waals surface area contributed by atoms with Crippen LogP contribution in [0.2, 0.25) is 0 Å². The standard InChI is InChI=1S/C15H19BO4/c1-14(2)15(3,4)20-16(19-14)13-10(9-17)5-6-12-11(13)7-8-18-12/h5-6,9H,7-8H2,1-4H3. The highest BCUT2D eigenvalue weighted by molar-refractivity contribution is 6.64. The molecule has 5 heteroatoms. The van der Waals surface area contributed by atoms with Crippen molar-refractivity contribution in [2.45, 2.75) is 45.3 Å². The molecular weight excluding hydrogens is 255 g/mol. The first kappa shape index (κ1) is 13.6. The van der Waals surface area contributed by atoms with E-state index < -0.39 is 18.3 Å². The maximum absolute atomic E-state index is 11.4. The zero-order valence-electron chi connectivity index (χ0n) is 12.4. The van der Waals surface area contributed by atoms with Gasteiger partial charge in [-0.15, -0.1) is 0 Å². The first-order chi connectivity index (χ1) is 9.36. The van der Waals surface area contributed by atoms with Gasteiger partial charge in [-0.25, -0.2) is 0 Å². The van der Waals surface area contributed by atoms with Crippen LogP contribution in [0.25, 0.3) is 0 Å². The lowest BCUT2D eigenvalue weighted by atomic mass is 9.72. The van der Waals surface area contributed by atoms with E-state index in [9.17, 15) is 4.79 Å². The van der Waals surface area contributed by atoms with E-state index in [0.29, 0.717) is 12.2 Å². The molecule has 0 bridgehead atoms. The summed E-state index contributed by atoms with van der Waals surface area (Å²) >= 11 is 0. The number of carbonyl (C=O) groups is 1. The third-order valence-electron chi connectivity index (χ3n) is 4.57. The van der Waals surface area contributed by atoms with E-state index in [4.69, 9.17) is 14.0 Å². The van der Waals surface area contributed by atoms with Crippen LogP contribution in [0.5, 0.6) is 5.75 Å². The van der Waals surface area contributed by atoms with Crippen molar-refractivity contribution in [1.82, 2.24) is 0 Å². The smallest absolute Gasteiger partial charge is 0.493 e. The summed E-state index contributed by atoms with van der Waals surface area (Å²) in [5.74, 6) is 0.834. The monoisotopic (exact) mass is 274 g/mol. The Hall–Kier alpha value is -1.33. The topological polar surface area (TPSA) is 44.8 Å². The highest BCUT2D eigenvalue weighted by Crippen LogP contribution is 2.38. The average molecular weight is 274 g/mol. The van der Waals surface area contributed by atoms with E-state index >= 15 is 0 Å². The zero-order valence-corrected chi connectivity index (χ0v) is 12.4. The summed E-state index contributed by atoms with van der Waals surface area (Å²) in [6, 6.07) is 3.62. The van der Waals surface area contributed by atoms with E-state index in [-0.39, 0.29) is 0 Å². The average Bonchev–Trinajstić information content (AvgIpc) is 2.90. The van der Waals surface area contributed by atoms with Crippen LogP contribution in [0.3, 0.4) is 0 Å². The van der Waals surface area contributed by atoms with Gasteiger partial charge in [-0.1, -0.05) is 0 Å². The molecule has 3 rings (SSSR count). The number of benzene rings is 1. The highest BCUT2D eigenvalue weighted by Gasteiger charge is 2.53. The number of aldehydes is 1. The van der Waals surface area contributed by atoms with Gasteiger partial charge < -0.3 is 14.0 Å². The Kier molecular flexibility index (Phi) is 2.96. The lowest BCUT2D eigenvalue weighted by Crippen LogP contribution is -2.41. The molecule has 0 aliphatic carbocycles. The summed E-state index contributed by atoms with van der Waals surface area (Å²) in [7, 11) is -0.517. The maximum atomic E-state index is 11.4. The second-order valence-corrected chi connectivity index (χ2v) is 6.35. The summed E-state index contributed by atoms with van der Waals surface area (Å²) in [6.45, 7) is 8.67. The van der Waals surface area contributed by atoms with Crippen molar-refractivity contribution in [3.8, 4) is 5.75 Å². The molecule has 1 aromatic rings. The molecule has 106 valence electrons. The van der Waals surface area contributed by atoms with Crippen LogP contribution in [-0.2, 0) is 15.7 Å². The molecule has 4 nitrogen and oxygen atoms in total. The number of rotatable bonds is 2. The van der Waals surface area contributed by atoms with Crippen LogP contribution in [0.1, 0.15) is 43.6 Å². The Labute approximate surface area is 119 Å². The molecule has 1 fully saturated rings. The van der Waals surface area contributed by atoms with Crippen molar-refractivity contribution >= 4 is 18.9 Å². The molecule has 2 heterocycles. The second-order valence-electron chi connectivity index (χ2n) is 6.35. The molecule has 0 N–H and O–H groups in total. The van der Waals surface area contributed by atoms with Gasteiger partial charge in [0.05, 0.1) is 17.8 Å². The molecule has 20 heavy (non-hydrogen) atoms. The lowest BCUT2D eigenvalue weighted by Gasteiger charge is -2.32. The van der Waals surface area contributed by atoms with Gasteiger partial charge in [0, 0.05) is 12.0 Å². The van der Waals surface area contributed by atoms with Crippen molar-refractivity contribution in [2.75, 3.05) is 6.61 Å². The van der Waals surface area contributed by atoms with Gasteiger partial charge >= 0.3 is 7.12 Å². The molecule has 0 aromatic heterocycles. The largest absolute Gasteiger partial charge is 0.495 e. The summed E-state index contributed by atoms with van der Waals surface area (Å²) in [5, 5.41) is 0. The van der Waals surface area contributed by atoms with Gasteiger partial charge in [0.1, 0.15) is 12.0 Å². The van der Waals surface area contributed by atoms with E-state index in [1.807, 2.05) is 33.8 Å². The molecule has 2 aliphatic heterocycles. The van der Waals surface area contributed by atoms with Gasteiger partial charge in [0.15, 0.2) is 0 Å². The van der Waals surface area contributed by atoms with Gasteiger partial charge in [-0.3, -0.25) is 4.79 Å². The molecule has 0 atom stereocenters. The molecule has 2 aliphatic rings. The summed E-state index contributed by atoms with van der Waals surface area (Å²) < 4.78 is 17.7. The van der Waals surface area contributed by atoms with Gasteiger partial charge in [-0.2, -0.15) is 0 Å². The third kappa shape index (κ3) is 1.88. The highest BCUT2D eigenvalue weighted by atomic mass is 16.7. The molecular formula is C15H19BO4. The minimum atomic E-state index is -0.517. The van der Waals surface area contributed by atoms with Crippen LogP contribution >= 0.6 is 0 Å². The van der Waals surface area contributed by atoms with Crippen molar-refractivity contribution in [2.24, 2.45) is 0 Å². The minimum absolute atomic E-state index is 0.417. The lowest BCUT2D eigenvalue weighted by molar-refractivity contribution is 0.00578. The number of carbonyl (C=O) groups excluding carboxylic acids is 1. The maximum Gasteiger partial charge on any atom is 0.495 e. The van der Waals surface area contributed by atoms with Crippen LogP contribution in [0.15, 0.2) is 12.1 Å². The molecule has 0 spiro atoms. The van der Waals surface area contributed by atoms with Gasteiger partial charge in [0.25, 0.3) is 0 Å². The second kappa shape index (κ2) is 4.33. The molecule has 0 amide bonds. The zero-order chi connectivity index (χ0) is 14.5. The Morgan fingerprint density at radius 2 is 1.80 bits per heavy atom. The van der Waals surface area contributed by atoms with E-state index in [1.165, 1.54) is 0 Å². The summed E-state index contributed by atoms with van der Waals surface area (Å²) in [4.78, 5) is 11.4. The van der Waals surface area contributed by atoms with Crippen LogP contribution in [0.4, 0.5) is 0 Å². The predicted octanol–water partition coefficient (Wildman–Crippen LogP) is 1.73. The molecule has 1 aromatic carbocycles. The quantitative estimate of drug-likeness (QED) is 0.608. The van der Waals surface area contributed by atoms with E-state index in [1.54, 1.807) is 6.07 Å². The first-order valence-corrected chi connectivity index (χ1v) is 6.95. The molecule has 0 unspecified atom stereocenters. The minimum Gasteiger partial charge on any atom is -0.493 e. The first-order valence-electron chi connectivity index (χ1n) is 6.95. The van der Waals surface area contributed by atoms with E-state index in [2.05, 4.69) is 0 Å². The number of ether oxygens (including phenoxy) is 1. The van der Waals surface area contributed by atoms with Crippen molar-refractivity contribution < 1.29 is 18.8 Å². The third-order valence-corrected chi connectivity index (χ3v) is 4.57. The predicted molar refractivity (Wildman–Crippen MR) is 76.7 cm³/mol. The summed E-state index contributed by atoms with van der Waals surface area (Å²) in [6.07, 6.45) is 1.65.